The van der Waals surface area contributed by atoms with E-state index in [0.29, 0.717) is 17.6 Å². The molecule has 0 bridgehead atoms. The highest BCUT2D eigenvalue weighted by atomic mass is 79.9. The van der Waals surface area contributed by atoms with E-state index in [0.717, 1.165) is 11.1 Å². The van der Waals surface area contributed by atoms with E-state index in [1.165, 1.54) is 12.1 Å². The van der Waals surface area contributed by atoms with Gasteiger partial charge in [-0.25, -0.2) is 4.39 Å². The van der Waals surface area contributed by atoms with Gasteiger partial charge >= 0.3 is 0 Å². The molecule has 0 heterocycles. The van der Waals surface area contributed by atoms with Gasteiger partial charge in [-0.1, -0.05) is 40.2 Å². The lowest BCUT2D eigenvalue weighted by atomic mass is 10.1. The Morgan fingerprint density at radius 2 is 1.90 bits per heavy atom. The number of halogens is 2. The first-order valence-corrected chi connectivity index (χ1v) is 6.91. The van der Waals surface area contributed by atoms with Gasteiger partial charge in [0.1, 0.15) is 5.82 Å². The molecule has 0 aliphatic rings. The third-order valence-corrected chi connectivity index (χ3v) is 3.44. The van der Waals surface area contributed by atoms with Crippen LogP contribution in [0.25, 0.3) is 0 Å². The molecule has 0 radical (unpaired) electrons. The largest absolute Gasteiger partial charge is 0.348 e. The molecule has 20 heavy (non-hydrogen) atoms. The highest BCUT2D eigenvalue weighted by Gasteiger charge is 2.12. The van der Waals surface area contributed by atoms with E-state index in [-0.39, 0.29) is 5.56 Å². The average Bonchev–Trinajstić information content (AvgIpc) is 2.47. The molecule has 1 amide bonds. The number of carbonyl (C=O) groups excluding carboxylic acids is 1. The van der Waals surface area contributed by atoms with Crippen LogP contribution in [0.1, 0.15) is 21.5 Å². The van der Waals surface area contributed by atoms with E-state index in [9.17, 15) is 9.18 Å². The molecule has 0 aromatic heterocycles. The van der Waals surface area contributed by atoms with Crippen LogP contribution in [0.3, 0.4) is 0 Å². The summed E-state index contributed by atoms with van der Waals surface area (Å²) in [5.41, 5.74) is 7.54. The predicted octanol–water partition coefficient (Wildman–Crippen LogP) is 2.98. The molecule has 2 rings (SSSR count). The fourth-order valence-corrected chi connectivity index (χ4v) is 2.23. The quantitative estimate of drug-likeness (QED) is 0.901. The van der Waals surface area contributed by atoms with Crippen LogP contribution in [0.15, 0.2) is 46.9 Å². The van der Waals surface area contributed by atoms with Crippen molar-refractivity contribution in [3.05, 3.63) is 69.4 Å². The second kappa shape index (κ2) is 6.63. The summed E-state index contributed by atoms with van der Waals surface area (Å²) in [4.78, 5) is 12.0. The Balaban J connectivity index is 2.11. The van der Waals surface area contributed by atoms with E-state index < -0.39 is 11.7 Å². The van der Waals surface area contributed by atoms with Crippen molar-refractivity contribution in [1.82, 2.24) is 5.32 Å². The van der Waals surface area contributed by atoms with Crippen molar-refractivity contribution in [3.63, 3.8) is 0 Å². The number of carbonyl (C=O) groups is 1. The minimum Gasteiger partial charge on any atom is -0.348 e. The molecule has 3 N–H and O–H groups in total. The first kappa shape index (κ1) is 14.7. The molecule has 0 unspecified atom stereocenters. The number of hydrogen-bond acceptors (Lipinski definition) is 2. The highest BCUT2D eigenvalue weighted by molar-refractivity contribution is 9.10. The fourth-order valence-electron chi connectivity index (χ4n) is 1.87. The van der Waals surface area contributed by atoms with E-state index in [1.807, 2.05) is 24.3 Å². The molecule has 0 aliphatic carbocycles. The van der Waals surface area contributed by atoms with E-state index >= 15 is 0 Å². The first-order chi connectivity index (χ1) is 9.61. The Bertz CT molecular complexity index is 631. The molecule has 0 saturated heterocycles. The lowest BCUT2D eigenvalue weighted by Crippen LogP contribution is -2.24. The topological polar surface area (TPSA) is 55.1 Å². The molecule has 0 atom stereocenters. The maximum atomic E-state index is 13.6. The van der Waals surface area contributed by atoms with Crippen molar-refractivity contribution in [2.75, 3.05) is 0 Å². The van der Waals surface area contributed by atoms with E-state index in [4.69, 9.17) is 5.73 Å². The van der Waals surface area contributed by atoms with Gasteiger partial charge in [-0.15, -0.1) is 0 Å². The van der Waals surface area contributed by atoms with Gasteiger partial charge in [-0.05, 0) is 29.3 Å². The van der Waals surface area contributed by atoms with Gasteiger partial charge in [0.15, 0.2) is 0 Å². The molecule has 0 spiro atoms. The summed E-state index contributed by atoms with van der Waals surface area (Å²) in [6.07, 6.45) is 0. The summed E-state index contributed by atoms with van der Waals surface area (Å²) < 4.78 is 14.2. The minimum absolute atomic E-state index is 0.0182. The smallest absolute Gasteiger partial charge is 0.254 e. The summed E-state index contributed by atoms with van der Waals surface area (Å²) in [7, 11) is 0. The Morgan fingerprint density at radius 1 is 1.20 bits per heavy atom. The second-order valence-electron chi connectivity index (χ2n) is 4.28. The molecule has 2 aromatic rings. The van der Waals surface area contributed by atoms with Crippen molar-refractivity contribution in [3.8, 4) is 0 Å². The number of amides is 1. The van der Waals surface area contributed by atoms with Gasteiger partial charge in [-0.2, -0.15) is 0 Å². The normalized spacial score (nSPS) is 10.3. The van der Waals surface area contributed by atoms with Crippen LogP contribution in [-0.2, 0) is 13.1 Å². The van der Waals surface area contributed by atoms with Crippen LogP contribution >= 0.6 is 15.9 Å². The zero-order chi connectivity index (χ0) is 14.5. The Morgan fingerprint density at radius 3 is 2.60 bits per heavy atom. The Labute approximate surface area is 125 Å². The molecular weight excluding hydrogens is 323 g/mol. The number of hydrogen-bond donors (Lipinski definition) is 2. The highest BCUT2D eigenvalue weighted by Crippen LogP contribution is 2.16. The minimum atomic E-state index is -0.544. The lowest BCUT2D eigenvalue weighted by Gasteiger charge is -2.10. The molecular formula is C15H14BrFN2O. The van der Waals surface area contributed by atoms with Gasteiger partial charge in [0, 0.05) is 17.6 Å². The van der Waals surface area contributed by atoms with Crippen molar-refractivity contribution >= 4 is 21.8 Å². The number of benzene rings is 2. The van der Waals surface area contributed by atoms with Crippen LogP contribution in [-0.4, -0.2) is 5.91 Å². The van der Waals surface area contributed by atoms with Crippen LogP contribution < -0.4 is 11.1 Å². The summed E-state index contributed by atoms with van der Waals surface area (Å²) in [5, 5.41) is 2.70. The van der Waals surface area contributed by atoms with Crippen molar-refractivity contribution in [1.29, 1.82) is 0 Å². The maximum absolute atomic E-state index is 13.6. The van der Waals surface area contributed by atoms with Crippen molar-refractivity contribution in [2.24, 2.45) is 5.73 Å². The van der Waals surface area contributed by atoms with Gasteiger partial charge in [0.25, 0.3) is 5.91 Å². The number of nitrogens with two attached hydrogens (primary N) is 1. The standard InChI is InChI=1S/C15H14BrFN2O/c16-12-5-6-14(17)13(7-12)15(20)19-9-11-4-2-1-3-10(11)8-18/h1-7H,8-9,18H2,(H,19,20). The third-order valence-electron chi connectivity index (χ3n) is 2.95. The summed E-state index contributed by atoms with van der Waals surface area (Å²) in [6.45, 7) is 0.718. The van der Waals surface area contributed by atoms with Gasteiger partial charge in [0.05, 0.1) is 5.56 Å². The van der Waals surface area contributed by atoms with Crippen LogP contribution in [0.2, 0.25) is 0 Å². The molecule has 104 valence electrons. The van der Waals surface area contributed by atoms with E-state index in [1.54, 1.807) is 6.07 Å². The summed E-state index contributed by atoms with van der Waals surface area (Å²) >= 11 is 3.22. The monoisotopic (exact) mass is 336 g/mol. The molecule has 0 fully saturated rings. The van der Waals surface area contributed by atoms with Crippen LogP contribution in [0.5, 0.6) is 0 Å². The zero-order valence-electron chi connectivity index (χ0n) is 10.7. The number of nitrogens with one attached hydrogen (secondary N) is 1. The first-order valence-electron chi connectivity index (χ1n) is 6.12. The lowest BCUT2D eigenvalue weighted by molar-refractivity contribution is 0.0946. The second-order valence-corrected chi connectivity index (χ2v) is 5.20. The zero-order valence-corrected chi connectivity index (χ0v) is 12.3. The Hall–Kier alpha value is -1.72. The van der Waals surface area contributed by atoms with Gasteiger partial charge in [0.2, 0.25) is 0 Å². The van der Waals surface area contributed by atoms with Crippen molar-refractivity contribution in [2.45, 2.75) is 13.1 Å². The summed E-state index contributed by atoms with van der Waals surface area (Å²) in [6, 6.07) is 11.8. The molecule has 0 saturated carbocycles. The van der Waals surface area contributed by atoms with Gasteiger partial charge in [-0.3, -0.25) is 4.79 Å². The Kier molecular flexibility index (Phi) is 4.87. The predicted molar refractivity (Wildman–Crippen MR) is 79.6 cm³/mol. The molecule has 5 heteroatoms. The molecule has 3 nitrogen and oxygen atoms in total. The van der Waals surface area contributed by atoms with Crippen molar-refractivity contribution < 1.29 is 9.18 Å². The van der Waals surface area contributed by atoms with Gasteiger partial charge < -0.3 is 11.1 Å². The molecule has 2 aromatic carbocycles. The average molecular weight is 337 g/mol. The molecule has 0 aliphatic heterocycles. The number of rotatable bonds is 4. The summed E-state index contributed by atoms with van der Waals surface area (Å²) in [5.74, 6) is -0.992. The van der Waals surface area contributed by atoms with Crippen LogP contribution in [0, 0.1) is 5.82 Å². The SMILES string of the molecule is NCc1ccccc1CNC(=O)c1cc(Br)ccc1F. The maximum Gasteiger partial charge on any atom is 0.254 e. The third kappa shape index (κ3) is 3.43. The van der Waals surface area contributed by atoms with Crippen LogP contribution in [0.4, 0.5) is 4.39 Å². The fraction of sp³-hybridized carbons (Fsp3) is 0.133. The van der Waals surface area contributed by atoms with E-state index in [2.05, 4.69) is 21.2 Å².